The summed E-state index contributed by atoms with van der Waals surface area (Å²) in [5.41, 5.74) is 1.96. The van der Waals surface area contributed by atoms with Gasteiger partial charge in [-0.15, -0.1) is 0 Å². The number of benzene rings is 1. The van der Waals surface area contributed by atoms with Crippen molar-refractivity contribution in [3.63, 3.8) is 0 Å². The van der Waals surface area contributed by atoms with Crippen LogP contribution < -0.4 is 20.4 Å². The molecule has 1 aromatic heterocycles. The van der Waals surface area contributed by atoms with Gasteiger partial charge >= 0.3 is 7.12 Å². The van der Waals surface area contributed by atoms with Crippen LogP contribution in [0.25, 0.3) is 0 Å². The molecule has 0 saturated carbocycles. The quantitative estimate of drug-likeness (QED) is 0.756. The molecule has 2 saturated heterocycles. The van der Waals surface area contributed by atoms with Crippen molar-refractivity contribution in [2.45, 2.75) is 45.5 Å². The van der Waals surface area contributed by atoms with Crippen LogP contribution in [0, 0.1) is 0 Å². The summed E-state index contributed by atoms with van der Waals surface area (Å²) in [6.07, 6.45) is 1.60. The van der Waals surface area contributed by atoms with Crippen LogP contribution >= 0.6 is 0 Å². The summed E-state index contributed by atoms with van der Waals surface area (Å²) in [6, 6.07) is 5.97. The van der Waals surface area contributed by atoms with Crippen LogP contribution in [0.5, 0.6) is 5.75 Å². The van der Waals surface area contributed by atoms with E-state index in [0.29, 0.717) is 19.8 Å². The Balaban J connectivity index is 1.45. The third kappa shape index (κ3) is 3.31. The Hall–Kier alpha value is -2.36. The number of anilines is 3. The van der Waals surface area contributed by atoms with Crippen molar-refractivity contribution in [1.82, 2.24) is 9.97 Å². The maximum atomic E-state index is 6.21. The van der Waals surface area contributed by atoms with Crippen LogP contribution in [-0.2, 0) is 20.7 Å². The van der Waals surface area contributed by atoms with Gasteiger partial charge in [0.05, 0.1) is 35.7 Å². The predicted molar refractivity (Wildman–Crippen MR) is 115 cm³/mol. The summed E-state index contributed by atoms with van der Waals surface area (Å²) in [6.45, 7) is 11.6. The molecule has 2 fully saturated rings. The first-order chi connectivity index (χ1) is 14.3. The fourth-order valence-corrected chi connectivity index (χ4v) is 3.87. The lowest BCUT2D eigenvalue weighted by molar-refractivity contribution is 0.00578. The van der Waals surface area contributed by atoms with Gasteiger partial charge in [0.1, 0.15) is 30.3 Å². The van der Waals surface area contributed by atoms with E-state index in [1.807, 2.05) is 18.2 Å². The fourth-order valence-electron chi connectivity index (χ4n) is 3.87. The smallest absolute Gasteiger partial charge is 0.486 e. The molecule has 8 nitrogen and oxygen atoms in total. The van der Waals surface area contributed by atoms with E-state index in [1.165, 1.54) is 0 Å². The zero-order valence-corrected chi connectivity index (χ0v) is 17.9. The summed E-state index contributed by atoms with van der Waals surface area (Å²) in [7, 11) is -0.431. The van der Waals surface area contributed by atoms with Crippen LogP contribution in [0.1, 0.15) is 33.3 Å². The summed E-state index contributed by atoms with van der Waals surface area (Å²) < 4.78 is 24.0. The van der Waals surface area contributed by atoms with E-state index < -0.39 is 7.12 Å². The Bertz CT molecular complexity index is 946. The monoisotopic (exact) mass is 410 g/mol. The van der Waals surface area contributed by atoms with Crippen molar-refractivity contribution in [3.05, 3.63) is 30.1 Å². The molecule has 30 heavy (non-hydrogen) atoms. The third-order valence-electron chi connectivity index (χ3n) is 6.39. The largest absolute Gasteiger partial charge is 0.494 e. The highest BCUT2D eigenvalue weighted by molar-refractivity contribution is 6.62. The van der Waals surface area contributed by atoms with E-state index in [0.717, 1.165) is 47.2 Å². The van der Waals surface area contributed by atoms with Crippen molar-refractivity contribution >= 4 is 29.9 Å². The molecule has 3 aliphatic heterocycles. The summed E-state index contributed by atoms with van der Waals surface area (Å²) in [5, 5.41) is 3.44. The summed E-state index contributed by atoms with van der Waals surface area (Å²) >= 11 is 0. The van der Waals surface area contributed by atoms with Crippen molar-refractivity contribution in [1.29, 1.82) is 0 Å². The molecule has 9 heteroatoms. The predicted octanol–water partition coefficient (Wildman–Crippen LogP) is 2.25. The number of morpholine rings is 1. The first-order valence-electron chi connectivity index (χ1n) is 10.4. The van der Waals surface area contributed by atoms with E-state index in [4.69, 9.17) is 18.8 Å². The highest BCUT2D eigenvalue weighted by Crippen LogP contribution is 2.38. The molecule has 2 aromatic rings. The second kappa shape index (κ2) is 7.11. The third-order valence-corrected chi connectivity index (χ3v) is 6.39. The lowest BCUT2D eigenvalue weighted by Gasteiger charge is -2.32. The highest BCUT2D eigenvalue weighted by atomic mass is 16.7. The number of nitrogens with one attached hydrogen (secondary N) is 1. The number of hydrogen-bond acceptors (Lipinski definition) is 8. The molecule has 5 rings (SSSR count). The first-order valence-corrected chi connectivity index (χ1v) is 10.4. The van der Waals surface area contributed by atoms with Gasteiger partial charge in [0, 0.05) is 13.1 Å². The molecule has 4 heterocycles. The molecule has 1 aromatic carbocycles. The summed E-state index contributed by atoms with van der Waals surface area (Å²) in [4.78, 5) is 11.2. The Kier molecular flexibility index (Phi) is 4.64. The maximum absolute atomic E-state index is 6.21. The van der Waals surface area contributed by atoms with Gasteiger partial charge in [0.15, 0.2) is 0 Å². The van der Waals surface area contributed by atoms with Gasteiger partial charge in [-0.2, -0.15) is 0 Å². The molecule has 0 atom stereocenters. The summed E-state index contributed by atoms with van der Waals surface area (Å²) in [5.74, 6) is 2.42. The van der Waals surface area contributed by atoms with E-state index in [9.17, 15) is 0 Å². The Morgan fingerprint density at radius 1 is 1.03 bits per heavy atom. The molecule has 3 aliphatic rings. The minimum atomic E-state index is -0.431. The van der Waals surface area contributed by atoms with Crippen LogP contribution in [0.2, 0.25) is 0 Å². The average Bonchev–Trinajstić information content (AvgIpc) is 2.86. The fraction of sp³-hybridized carbons (Fsp3) is 0.524. The van der Waals surface area contributed by atoms with Crippen LogP contribution in [0.4, 0.5) is 17.3 Å². The molecule has 0 amide bonds. The minimum Gasteiger partial charge on any atom is -0.486 e. The van der Waals surface area contributed by atoms with Gasteiger partial charge < -0.3 is 29.0 Å². The van der Waals surface area contributed by atoms with E-state index in [-0.39, 0.29) is 11.2 Å². The standard InChI is InChI=1S/C21H27BN4O4/c1-20(2)21(3,4)30-22(29-20)14-5-6-17-16(11-14)25-18-15(12-28-17)19(24-13-23-18)26-7-9-27-10-8-26/h5-6,11,13H,7-10,12H2,1-4H3,(H,23,24,25). The van der Waals surface area contributed by atoms with Crippen molar-refractivity contribution in [3.8, 4) is 5.75 Å². The zero-order valence-electron chi connectivity index (χ0n) is 17.9. The topological polar surface area (TPSA) is 78.0 Å². The Labute approximate surface area is 177 Å². The molecule has 1 N–H and O–H groups in total. The Morgan fingerprint density at radius 2 is 1.77 bits per heavy atom. The van der Waals surface area contributed by atoms with Crippen LogP contribution in [0.3, 0.4) is 0 Å². The van der Waals surface area contributed by atoms with Gasteiger partial charge in [0.2, 0.25) is 0 Å². The molecule has 0 spiro atoms. The van der Waals surface area contributed by atoms with Gasteiger partial charge in [-0.1, -0.05) is 6.07 Å². The molecular weight excluding hydrogens is 383 g/mol. The zero-order chi connectivity index (χ0) is 20.9. The van der Waals surface area contributed by atoms with Crippen molar-refractivity contribution in [2.24, 2.45) is 0 Å². The lowest BCUT2D eigenvalue weighted by atomic mass is 9.79. The van der Waals surface area contributed by atoms with Gasteiger partial charge in [0.25, 0.3) is 0 Å². The molecule has 0 radical (unpaired) electrons. The number of rotatable bonds is 2. The van der Waals surface area contributed by atoms with Gasteiger partial charge in [-0.05, 0) is 45.3 Å². The SMILES string of the molecule is CC1(C)OB(c2ccc3c(c2)Nc2ncnc(N4CCOCC4)c2CO3)OC1(C)C. The second-order valence-corrected chi connectivity index (χ2v) is 8.88. The molecule has 0 bridgehead atoms. The Morgan fingerprint density at radius 3 is 2.50 bits per heavy atom. The molecule has 0 unspecified atom stereocenters. The van der Waals surface area contributed by atoms with Gasteiger partial charge in [-0.3, -0.25) is 0 Å². The number of aromatic nitrogens is 2. The van der Waals surface area contributed by atoms with Crippen LogP contribution in [0.15, 0.2) is 24.5 Å². The maximum Gasteiger partial charge on any atom is 0.494 e. The van der Waals surface area contributed by atoms with Crippen molar-refractivity contribution < 1.29 is 18.8 Å². The molecule has 0 aliphatic carbocycles. The molecule has 158 valence electrons. The number of nitrogens with zero attached hydrogens (tertiary/aromatic N) is 3. The highest BCUT2D eigenvalue weighted by Gasteiger charge is 2.51. The molecular formula is C21H27BN4O4. The minimum absolute atomic E-state index is 0.388. The van der Waals surface area contributed by atoms with Crippen LogP contribution in [-0.4, -0.2) is 54.6 Å². The number of hydrogen-bond donors (Lipinski definition) is 1. The number of ether oxygens (including phenoxy) is 2. The van der Waals surface area contributed by atoms with Gasteiger partial charge in [-0.25, -0.2) is 9.97 Å². The van der Waals surface area contributed by atoms with Crippen molar-refractivity contribution in [2.75, 3.05) is 36.5 Å². The lowest BCUT2D eigenvalue weighted by Crippen LogP contribution is -2.41. The normalized spacial score (nSPS) is 21.9. The number of fused-ring (bicyclic) bond motifs is 2. The second-order valence-electron chi connectivity index (χ2n) is 8.88. The van der Waals surface area contributed by atoms with E-state index >= 15 is 0 Å². The first kappa shape index (κ1) is 19.6. The average molecular weight is 410 g/mol. The van der Waals surface area contributed by atoms with E-state index in [2.05, 4.69) is 47.9 Å². The van der Waals surface area contributed by atoms with E-state index in [1.54, 1.807) is 6.33 Å².